The van der Waals surface area contributed by atoms with Crippen molar-refractivity contribution in [3.8, 4) is 11.8 Å². The van der Waals surface area contributed by atoms with Crippen LogP contribution in [0, 0.1) is 11.3 Å². The van der Waals surface area contributed by atoms with Gasteiger partial charge in [-0.2, -0.15) is 9.57 Å². The number of hydrogen-bond donors (Lipinski definition) is 0. The first-order valence-electron chi connectivity index (χ1n) is 9.49. The standard InChI is InChI=1S/C21H24N4O4S/c1-23(30(27,28)18-9-7-17(15-22)8-10-18)16-21(26)25-13-11-24(12-14-25)19-5-3-4-6-20(19)29-2/h3-10H,11-14,16H2,1-2H3. The Labute approximate surface area is 176 Å². The molecule has 9 heteroatoms. The molecule has 1 fully saturated rings. The zero-order valence-electron chi connectivity index (χ0n) is 17.0. The first-order chi connectivity index (χ1) is 14.4. The molecule has 2 aromatic carbocycles. The number of nitrogens with zero attached hydrogens (tertiary/aromatic N) is 4. The summed E-state index contributed by atoms with van der Waals surface area (Å²) in [5.74, 6) is 0.542. The van der Waals surface area contributed by atoms with Crippen LogP contribution in [0.3, 0.4) is 0 Å². The van der Waals surface area contributed by atoms with Crippen molar-refractivity contribution in [2.75, 3.05) is 51.8 Å². The van der Waals surface area contributed by atoms with E-state index in [1.807, 2.05) is 30.3 Å². The van der Waals surface area contributed by atoms with Gasteiger partial charge in [0.15, 0.2) is 0 Å². The fraction of sp³-hybridized carbons (Fsp3) is 0.333. The smallest absolute Gasteiger partial charge is 0.243 e. The fourth-order valence-corrected chi connectivity index (χ4v) is 4.46. The highest BCUT2D eigenvalue weighted by Gasteiger charge is 2.27. The van der Waals surface area contributed by atoms with Crippen LogP contribution in [-0.2, 0) is 14.8 Å². The van der Waals surface area contributed by atoms with Gasteiger partial charge in [-0.3, -0.25) is 4.79 Å². The van der Waals surface area contributed by atoms with Gasteiger partial charge in [0.2, 0.25) is 15.9 Å². The molecule has 0 N–H and O–H groups in total. The maximum absolute atomic E-state index is 12.7. The Hall–Kier alpha value is -3.09. The summed E-state index contributed by atoms with van der Waals surface area (Å²) in [4.78, 5) is 16.6. The van der Waals surface area contributed by atoms with Crippen LogP contribution in [-0.4, -0.2) is 70.4 Å². The first kappa shape index (κ1) is 21.6. The van der Waals surface area contributed by atoms with Crippen LogP contribution in [0.4, 0.5) is 5.69 Å². The van der Waals surface area contributed by atoms with Crippen molar-refractivity contribution in [1.29, 1.82) is 5.26 Å². The Balaban J connectivity index is 1.60. The summed E-state index contributed by atoms with van der Waals surface area (Å²) in [7, 11) is -0.798. The Bertz CT molecular complexity index is 1040. The van der Waals surface area contributed by atoms with E-state index >= 15 is 0 Å². The number of ether oxygens (including phenoxy) is 1. The van der Waals surface area contributed by atoms with Crippen molar-refractivity contribution in [2.45, 2.75) is 4.90 Å². The minimum absolute atomic E-state index is 0.0535. The van der Waals surface area contributed by atoms with E-state index in [0.717, 1.165) is 15.7 Å². The van der Waals surface area contributed by atoms with Gasteiger partial charge in [-0.1, -0.05) is 12.1 Å². The zero-order valence-corrected chi connectivity index (χ0v) is 17.8. The van der Waals surface area contributed by atoms with Gasteiger partial charge in [0.25, 0.3) is 0 Å². The number of hydrogen-bond acceptors (Lipinski definition) is 6. The molecular weight excluding hydrogens is 404 g/mol. The topological polar surface area (TPSA) is 93.9 Å². The SMILES string of the molecule is COc1ccccc1N1CCN(C(=O)CN(C)S(=O)(=O)c2ccc(C#N)cc2)CC1. The van der Waals surface area contributed by atoms with Gasteiger partial charge < -0.3 is 14.5 Å². The number of carbonyl (C=O) groups excluding carboxylic acids is 1. The maximum Gasteiger partial charge on any atom is 0.243 e. The number of methoxy groups -OCH3 is 1. The van der Waals surface area contributed by atoms with E-state index in [9.17, 15) is 13.2 Å². The molecular formula is C21H24N4O4S. The van der Waals surface area contributed by atoms with Gasteiger partial charge in [0.05, 0.1) is 35.9 Å². The van der Waals surface area contributed by atoms with Crippen molar-refractivity contribution in [3.63, 3.8) is 0 Å². The molecule has 30 heavy (non-hydrogen) atoms. The van der Waals surface area contributed by atoms with Crippen molar-refractivity contribution in [3.05, 3.63) is 54.1 Å². The molecule has 3 rings (SSSR count). The summed E-state index contributed by atoms with van der Waals surface area (Å²) in [5, 5.41) is 8.85. The Morgan fingerprint density at radius 2 is 1.73 bits per heavy atom. The van der Waals surface area contributed by atoms with E-state index in [4.69, 9.17) is 10.00 Å². The van der Waals surface area contributed by atoms with E-state index in [1.54, 1.807) is 12.0 Å². The summed E-state index contributed by atoms with van der Waals surface area (Å²) in [6, 6.07) is 15.3. The molecule has 0 aliphatic carbocycles. The van der Waals surface area contributed by atoms with E-state index in [0.29, 0.717) is 31.7 Å². The largest absolute Gasteiger partial charge is 0.495 e. The molecule has 0 spiro atoms. The lowest BCUT2D eigenvalue weighted by atomic mass is 10.2. The van der Waals surface area contributed by atoms with E-state index in [-0.39, 0.29) is 17.3 Å². The summed E-state index contributed by atoms with van der Waals surface area (Å²) in [6.07, 6.45) is 0. The molecule has 2 aromatic rings. The van der Waals surface area contributed by atoms with Crippen LogP contribution in [0.15, 0.2) is 53.4 Å². The number of likely N-dealkylation sites (N-methyl/N-ethyl adjacent to an activating group) is 1. The molecule has 1 aliphatic rings. The minimum Gasteiger partial charge on any atom is -0.495 e. The molecule has 1 saturated heterocycles. The predicted octanol–water partition coefficient (Wildman–Crippen LogP) is 1.54. The second kappa shape index (κ2) is 9.15. The molecule has 0 bridgehead atoms. The highest BCUT2D eigenvalue weighted by molar-refractivity contribution is 7.89. The average Bonchev–Trinajstić information content (AvgIpc) is 2.79. The second-order valence-corrected chi connectivity index (χ2v) is 8.98. The molecule has 0 atom stereocenters. The highest BCUT2D eigenvalue weighted by Crippen LogP contribution is 2.28. The highest BCUT2D eigenvalue weighted by atomic mass is 32.2. The molecule has 1 aliphatic heterocycles. The fourth-order valence-electron chi connectivity index (χ4n) is 3.34. The molecule has 0 unspecified atom stereocenters. The number of piperazine rings is 1. The summed E-state index contributed by atoms with van der Waals surface area (Å²) < 4.78 is 31.9. The lowest BCUT2D eigenvalue weighted by Gasteiger charge is -2.37. The van der Waals surface area contributed by atoms with Crippen molar-refractivity contribution >= 4 is 21.6 Å². The maximum atomic E-state index is 12.7. The van der Waals surface area contributed by atoms with Gasteiger partial charge in [-0.25, -0.2) is 8.42 Å². The Kier molecular flexibility index (Phi) is 6.59. The number of amides is 1. The molecule has 1 amide bonds. The molecule has 0 saturated carbocycles. The number of benzene rings is 2. The molecule has 0 aromatic heterocycles. The lowest BCUT2D eigenvalue weighted by molar-refractivity contribution is -0.131. The van der Waals surface area contributed by atoms with Crippen molar-refractivity contribution in [1.82, 2.24) is 9.21 Å². The molecule has 0 radical (unpaired) electrons. The van der Waals surface area contributed by atoms with Crippen LogP contribution in [0.5, 0.6) is 5.75 Å². The quantitative estimate of drug-likeness (QED) is 0.693. The minimum atomic E-state index is -3.81. The average molecular weight is 429 g/mol. The number of rotatable bonds is 6. The van der Waals surface area contributed by atoms with Gasteiger partial charge in [-0.05, 0) is 36.4 Å². The summed E-state index contributed by atoms with van der Waals surface area (Å²) >= 11 is 0. The number of sulfonamides is 1. The Morgan fingerprint density at radius 1 is 1.10 bits per heavy atom. The van der Waals surface area contributed by atoms with Gasteiger partial charge in [-0.15, -0.1) is 0 Å². The Morgan fingerprint density at radius 3 is 2.33 bits per heavy atom. The van der Waals surface area contributed by atoms with Crippen molar-refractivity contribution < 1.29 is 17.9 Å². The second-order valence-electron chi connectivity index (χ2n) is 6.94. The third kappa shape index (κ3) is 4.56. The molecule has 158 valence electrons. The number of para-hydroxylation sites is 2. The van der Waals surface area contributed by atoms with Crippen LogP contribution in [0.2, 0.25) is 0 Å². The monoisotopic (exact) mass is 428 g/mol. The van der Waals surface area contributed by atoms with Crippen LogP contribution in [0.25, 0.3) is 0 Å². The molecule has 8 nitrogen and oxygen atoms in total. The number of carbonyl (C=O) groups is 1. The van der Waals surface area contributed by atoms with E-state index in [1.165, 1.54) is 31.3 Å². The molecule has 1 heterocycles. The van der Waals surface area contributed by atoms with E-state index < -0.39 is 10.0 Å². The first-order valence-corrected chi connectivity index (χ1v) is 10.9. The third-order valence-corrected chi connectivity index (χ3v) is 6.93. The van der Waals surface area contributed by atoms with Crippen LogP contribution >= 0.6 is 0 Å². The number of nitriles is 1. The predicted molar refractivity (Wildman–Crippen MR) is 113 cm³/mol. The van der Waals surface area contributed by atoms with Gasteiger partial charge >= 0.3 is 0 Å². The third-order valence-electron chi connectivity index (χ3n) is 5.11. The van der Waals surface area contributed by atoms with Gasteiger partial charge in [0, 0.05) is 33.2 Å². The summed E-state index contributed by atoms with van der Waals surface area (Å²) in [5.41, 5.74) is 1.35. The van der Waals surface area contributed by atoms with E-state index in [2.05, 4.69) is 4.90 Å². The summed E-state index contributed by atoms with van der Waals surface area (Å²) in [6.45, 7) is 2.04. The normalized spacial score (nSPS) is 14.5. The number of anilines is 1. The van der Waals surface area contributed by atoms with Crippen LogP contribution in [0.1, 0.15) is 5.56 Å². The van der Waals surface area contributed by atoms with Gasteiger partial charge in [0.1, 0.15) is 5.75 Å². The van der Waals surface area contributed by atoms with Crippen LogP contribution < -0.4 is 9.64 Å². The zero-order chi connectivity index (χ0) is 21.7. The lowest BCUT2D eigenvalue weighted by Crippen LogP contribution is -2.51. The van der Waals surface area contributed by atoms with Crippen molar-refractivity contribution in [2.24, 2.45) is 0 Å².